The number of alkyl halides is 3. The van der Waals surface area contributed by atoms with Crippen LogP contribution >= 0.6 is 0 Å². The number of hydrogen-bond donors (Lipinski definition) is 1. The summed E-state index contributed by atoms with van der Waals surface area (Å²) in [7, 11) is 1.45. The average Bonchev–Trinajstić information content (AvgIpc) is 2.37. The van der Waals surface area contributed by atoms with Crippen molar-refractivity contribution < 1.29 is 27.8 Å². The van der Waals surface area contributed by atoms with Crippen molar-refractivity contribution in [3.63, 3.8) is 0 Å². The number of methoxy groups -OCH3 is 1. The number of halogens is 3. The van der Waals surface area contributed by atoms with Crippen LogP contribution in [-0.2, 0) is 4.79 Å². The maximum atomic E-state index is 12.6. The van der Waals surface area contributed by atoms with E-state index in [9.17, 15) is 23.1 Å². The summed E-state index contributed by atoms with van der Waals surface area (Å²) in [5.74, 6) is -0.141. The normalized spacial score (nSPS) is 16.5. The van der Waals surface area contributed by atoms with E-state index in [2.05, 4.69) is 0 Å². The highest BCUT2D eigenvalue weighted by Gasteiger charge is 2.54. The lowest BCUT2D eigenvalue weighted by Gasteiger charge is -2.27. The van der Waals surface area contributed by atoms with Crippen molar-refractivity contribution in [1.82, 2.24) is 0 Å². The predicted molar refractivity (Wildman–Crippen MR) is 63.1 cm³/mol. The Labute approximate surface area is 109 Å². The highest BCUT2D eigenvalue weighted by atomic mass is 19.4. The van der Waals surface area contributed by atoms with Crippen molar-refractivity contribution in [1.29, 1.82) is 0 Å². The minimum atomic E-state index is -4.98. The van der Waals surface area contributed by atoms with E-state index in [1.165, 1.54) is 14.0 Å². The van der Waals surface area contributed by atoms with Gasteiger partial charge in [0.1, 0.15) is 5.75 Å². The van der Waals surface area contributed by atoms with Crippen LogP contribution in [0.1, 0.15) is 24.8 Å². The first-order valence-corrected chi connectivity index (χ1v) is 5.63. The highest BCUT2D eigenvalue weighted by molar-refractivity contribution is 5.63. The van der Waals surface area contributed by atoms with E-state index in [1.807, 2.05) is 0 Å². The Kier molecular flexibility index (Phi) is 4.57. The second kappa shape index (κ2) is 5.61. The van der Waals surface area contributed by atoms with Crippen LogP contribution in [0.4, 0.5) is 13.2 Å². The molecule has 3 nitrogen and oxygen atoms in total. The average molecular weight is 276 g/mol. The van der Waals surface area contributed by atoms with Gasteiger partial charge >= 0.3 is 6.18 Å². The summed E-state index contributed by atoms with van der Waals surface area (Å²) in [6.07, 6.45) is -6.17. The molecule has 0 amide bonds. The summed E-state index contributed by atoms with van der Waals surface area (Å²) >= 11 is 0. The third-order valence-electron chi connectivity index (χ3n) is 2.97. The Morgan fingerprint density at radius 3 is 2.53 bits per heavy atom. The van der Waals surface area contributed by atoms with Crippen molar-refractivity contribution in [2.45, 2.75) is 31.0 Å². The van der Waals surface area contributed by atoms with Crippen molar-refractivity contribution in [3.05, 3.63) is 29.8 Å². The summed E-state index contributed by atoms with van der Waals surface area (Å²) in [5, 5.41) is 9.39. The van der Waals surface area contributed by atoms with Crippen LogP contribution in [0.25, 0.3) is 0 Å². The first-order valence-electron chi connectivity index (χ1n) is 5.63. The molecule has 2 unspecified atom stereocenters. The quantitative estimate of drug-likeness (QED) is 0.841. The minimum Gasteiger partial charge on any atom is -0.497 e. The molecule has 19 heavy (non-hydrogen) atoms. The molecule has 0 fully saturated rings. The SMILES string of the molecule is COc1cccc(C(C)CC(O)(C=O)C(F)(F)F)c1. The molecule has 0 aromatic heterocycles. The van der Waals surface area contributed by atoms with E-state index >= 15 is 0 Å². The lowest BCUT2D eigenvalue weighted by molar-refractivity contribution is -0.247. The van der Waals surface area contributed by atoms with Gasteiger partial charge in [0.2, 0.25) is 5.60 Å². The molecule has 1 aromatic rings. The fraction of sp³-hybridized carbons (Fsp3) is 0.462. The highest BCUT2D eigenvalue weighted by Crippen LogP contribution is 2.37. The minimum absolute atomic E-state index is 0.455. The van der Waals surface area contributed by atoms with Crippen LogP contribution in [0.3, 0.4) is 0 Å². The van der Waals surface area contributed by atoms with E-state index < -0.39 is 30.4 Å². The maximum Gasteiger partial charge on any atom is 0.424 e. The number of aldehydes is 1. The topological polar surface area (TPSA) is 46.5 Å². The molecule has 1 aromatic carbocycles. The second-order valence-electron chi connectivity index (χ2n) is 4.42. The summed E-state index contributed by atoms with van der Waals surface area (Å²) in [5.41, 5.74) is -2.76. The van der Waals surface area contributed by atoms with Gasteiger partial charge in [-0.25, -0.2) is 0 Å². The Hall–Kier alpha value is -1.56. The fourth-order valence-corrected chi connectivity index (χ4v) is 1.76. The number of ether oxygens (including phenoxy) is 1. The van der Waals surface area contributed by atoms with E-state index in [1.54, 1.807) is 24.3 Å². The van der Waals surface area contributed by atoms with Crippen LogP contribution in [-0.4, -0.2) is 30.3 Å². The van der Waals surface area contributed by atoms with E-state index in [0.717, 1.165) is 0 Å². The van der Waals surface area contributed by atoms with Gasteiger partial charge in [0.25, 0.3) is 0 Å². The Balaban J connectivity index is 2.94. The van der Waals surface area contributed by atoms with Crippen molar-refractivity contribution in [2.24, 2.45) is 0 Å². The number of rotatable bonds is 5. The zero-order valence-electron chi connectivity index (χ0n) is 10.6. The van der Waals surface area contributed by atoms with Crippen LogP contribution in [0.15, 0.2) is 24.3 Å². The second-order valence-corrected chi connectivity index (χ2v) is 4.42. The number of aliphatic hydroxyl groups is 1. The molecule has 0 aliphatic rings. The lowest BCUT2D eigenvalue weighted by Crippen LogP contribution is -2.47. The maximum absolute atomic E-state index is 12.6. The molecule has 0 spiro atoms. The molecule has 0 aliphatic carbocycles. The van der Waals surface area contributed by atoms with Crippen LogP contribution in [0.2, 0.25) is 0 Å². The third kappa shape index (κ3) is 3.47. The zero-order valence-corrected chi connectivity index (χ0v) is 10.6. The summed E-state index contributed by atoms with van der Waals surface area (Å²) in [6, 6.07) is 6.49. The molecule has 0 saturated heterocycles. The molecule has 1 rings (SSSR count). The fourth-order valence-electron chi connectivity index (χ4n) is 1.76. The van der Waals surface area contributed by atoms with Gasteiger partial charge in [0, 0.05) is 0 Å². The van der Waals surface area contributed by atoms with E-state index in [-0.39, 0.29) is 0 Å². The van der Waals surface area contributed by atoms with Gasteiger partial charge in [0.15, 0.2) is 6.29 Å². The van der Waals surface area contributed by atoms with E-state index in [4.69, 9.17) is 4.74 Å². The largest absolute Gasteiger partial charge is 0.497 e. The van der Waals surface area contributed by atoms with Gasteiger partial charge in [-0.15, -0.1) is 0 Å². The molecule has 0 radical (unpaired) electrons. The summed E-state index contributed by atoms with van der Waals surface area (Å²) in [4.78, 5) is 10.6. The molecule has 2 atom stereocenters. The number of carbonyl (C=O) groups excluding carboxylic acids is 1. The third-order valence-corrected chi connectivity index (χ3v) is 2.97. The van der Waals surface area contributed by atoms with Crippen molar-refractivity contribution in [2.75, 3.05) is 7.11 Å². The van der Waals surface area contributed by atoms with Crippen LogP contribution < -0.4 is 4.74 Å². The first-order chi connectivity index (χ1) is 8.73. The van der Waals surface area contributed by atoms with Gasteiger partial charge in [-0.3, -0.25) is 4.79 Å². The Morgan fingerprint density at radius 2 is 2.05 bits per heavy atom. The van der Waals surface area contributed by atoms with Gasteiger partial charge < -0.3 is 9.84 Å². The molecular weight excluding hydrogens is 261 g/mol. The number of hydrogen-bond acceptors (Lipinski definition) is 3. The van der Waals surface area contributed by atoms with Gasteiger partial charge in [-0.2, -0.15) is 13.2 Å². The Bertz CT molecular complexity index is 445. The molecular formula is C13H15F3O3. The van der Waals surface area contributed by atoms with Crippen LogP contribution in [0, 0.1) is 0 Å². The lowest BCUT2D eigenvalue weighted by atomic mass is 9.87. The molecule has 6 heteroatoms. The molecule has 0 heterocycles. The number of benzene rings is 1. The predicted octanol–water partition coefficient (Wildman–Crippen LogP) is 2.68. The molecule has 0 aliphatic heterocycles. The smallest absolute Gasteiger partial charge is 0.424 e. The standard InChI is InChI=1S/C13H15F3O3/c1-9(7-12(18,8-17)13(14,15)16)10-4-3-5-11(6-10)19-2/h3-6,8-9,18H,7H2,1-2H3. The molecule has 0 bridgehead atoms. The molecule has 1 N–H and O–H groups in total. The van der Waals surface area contributed by atoms with Gasteiger partial charge in [0.05, 0.1) is 7.11 Å². The van der Waals surface area contributed by atoms with Crippen molar-refractivity contribution in [3.8, 4) is 5.75 Å². The van der Waals surface area contributed by atoms with Gasteiger partial charge in [-0.1, -0.05) is 19.1 Å². The zero-order chi connectivity index (χ0) is 14.7. The van der Waals surface area contributed by atoms with Gasteiger partial charge in [-0.05, 0) is 30.0 Å². The summed E-state index contributed by atoms with van der Waals surface area (Å²) < 4.78 is 42.8. The van der Waals surface area contributed by atoms with E-state index in [0.29, 0.717) is 11.3 Å². The monoisotopic (exact) mass is 276 g/mol. The first kappa shape index (κ1) is 15.5. The van der Waals surface area contributed by atoms with Crippen LogP contribution in [0.5, 0.6) is 5.75 Å². The number of carbonyl (C=O) groups is 1. The molecule has 0 saturated carbocycles. The molecule has 106 valence electrons. The van der Waals surface area contributed by atoms with Crippen molar-refractivity contribution >= 4 is 6.29 Å². The summed E-state index contributed by atoms with van der Waals surface area (Å²) in [6.45, 7) is 1.51. The Morgan fingerprint density at radius 1 is 1.42 bits per heavy atom.